The van der Waals surface area contributed by atoms with Crippen LogP contribution < -0.4 is 14.2 Å². The van der Waals surface area contributed by atoms with E-state index in [2.05, 4.69) is 23.9 Å². The van der Waals surface area contributed by atoms with Gasteiger partial charge in [-0.05, 0) is 26.2 Å². The molecule has 19 heavy (non-hydrogen) atoms. The molecule has 1 aromatic rings. The van der Waals surface area contributed by atoms with Gasteiger partial charge in [0.25, 0.3) is 0 Å². The van der Waals surface area contributed by atoms with Gasteiger partial charge >= 0.3 is 0 Å². The molecule has 1 aliphatic heterocycles. The number of ether oxygens (including phenoxy) is 3. The summed E-state index contributed by atoms with van der Waals surface area (Å²) in [4.78, 5) is 4.59. The largest absolute Gasteiger partial charge is 0.493 e. The van der Waals surface area contributed by atoms with E-state index < -0.39 is 0 Å². The Hall–Kier alpha value is -1.46. The summed E-state index contributed by atoms with van der Waals surface area (Å²) < 4.78 is 16.3. The van der Waals surface area contributed by atoms with Crippen LogP contribution in [-0.4, -0.2) is 58.3 Å². The first-order valence-electron chi connectivity index (χ1n) is 6.33. The van der Waals surface area contributed by atoms with E-state index in [0.29, 0.717) is 11.5 Å². The van der Waals surface area contributed by atoms with E-state index in [9.17, 15) is 0 Å². The lowest BCUT2D eigenvalue weighted by atomic mass is 10.1. The quantitative estimate of drug-likeness (QED) is 0.826. The molecule has 0 aliphatic carbocycles. The Bertz CT molecular complexity index is 441. The minimum atomic E-state index is 0.203. The molecule has 0 saturated carbocycles. The maximum atomic E-state index is 5.56. The third-order valence-corrected chi connectivity index (χ3v) is 3.65. The van der Waals surface area contributed by atoms with Crippen molar-refractivity contribution in [3.63, 3.8) is 0 Å². The molecule has 1 aliphatic rings. The van der Waals surface area contributed by atoms with Gasteiger partial charge in [0, 0.05) is 18.7 Å². The SMILES string of the molecule is COc1ccc(C2N(C)CCN2C)c(OC)c1OC. The maximum Gasteiger partial charge on any atom is 0.203 e. The smallest absolute Gasteiger partial charge is 0.203 e. The average Bonchev–Trinajstić information content (AvgIpc) is 2.76. The van der Waals surface area contributed by atoms with Crippen molar-refractivity contribution in [2.75, 3.05) is 48.5 Å². The van der Waals surface area contributed by atoms with E-state index >= 15 is 0 Å². The fourth-order valence-electron chi connectivity index (χ4n) is 2.70. The number of hydrogen-bond donors (Lipinski definition) is 0. The molecule has 1 fully saturated rings. The van der Waals surface area contributed by atoms with E-state index in [0.717, 1.165) is 24.4 Å². The van der Waals surface area contributed by atoms with Gasteiger partial charge in [-0.25, -0.2) is 0 Å². The molecule has 0 aromatic heterocycles. The summed E-state index contributed by atoms with van der Waals surface area (Å²) in [7, 11) is 9.15. The molecule has 0 radical (unpaired) electrons. The van der Waals surface area contributed by atoms with Gasteiger partial charge in [-0.15, -0.1) is 0 Å². The molecule has 0 N–H and O–H groups in total. The highest BCUT2D eigenvalue weighted by Gasteiger charge is 2.32. The molecule has 5 heteroatoms. The van der Waals surface area contributed by atoms with Gasteiger partial charge < -0.3 is 14.2 Å². The summed E-state index contributed by atoms with van der Waals surface area (Å²) in [5.41, 5.74) is 1.10. The zero-order valence-corrected chi connectivity index (χ0v) is 12.3. The van der Waals surface area contributed by atoms with Crippen LogP contribution in [0.5, 0.6) is 17.2 Å². The van der Waals surface area contributed by atoms with Crippen LogP contribution in [-0.2, 0) is 0 Å². The topological polar surface area (TPSA) is 34.2 Å². The first-order valence-corrected chi connectivity index (χ1v) is 6.33. The van der Waals surface area contributed by atoms with Crippen molar-refractivity contribution in [3.05, 3.63) is 17.7 Å². The van der Waals surface area contributed by atoms with Gasteiger partial charge in [0.2, 0.25) is 5.75 Å². The number of hydrogen-bond acceptors (Lipinski definition) is 5. The Balaban J connectivity index is 2.51. The Morgan fingerprint density at radius 1 is 0.895 bits per heavy atom. The van der Waals surface area contributed by atoms with Crippen LogP contribution in [0.4, 0.5) is 0 Å². The highest BCUT2D eigenvalue weighted by atomic mass is 16.5. The van der Waals surface area contributed by atoms with Crippen molar-refractivity contribution in [3.8, 4) is 17.2 Å². The molecule has 106 valence electrons. The number of methoxy groups -OCH3 is 3. The van der Waals surface area contributed by atoms with Crippen LogP contribution in [0.2, 0.25) is 0 Å². The van der Waals surface area contributed by atoms with Crippen LogP contribution in [0.1, 0.15) is 11.7 Å². The number of rotatable bonds is 4. The number of likely N-dealkylation sites (N-methyl/N-ethyl adjacent to an activating group) is 2. The monoisotopic (exact) mass is 266 g/mol. The molecule has 0 atom stereocenters. The van der Waals surface area contributed by atoms with Crippen molar-refractivity contribution >= 4 is 0 Å². The zero-order chi connectivity index (χ0) is 14.0. The summed E-state index contributed by atoms with van der Waals surface area (Å²) in [6, 6.07) is 3.97. The van der Waals surface area contributed by atoms with Crippen LogP contribution in [0, 0.1) is 0 Å². The second kappa shape index (κ2) is 5.67. The Labute approximate surface area is 114 Å². The van der Waals surface area contributed by atoms with Crippen molar-refractivity contribution in [2.45, 2.75) is 6.17 Å². The molecule has 0 spiro atoms. The Morgan fingerprint density at radius 3 is 1.95 bits per heavy atom. The highest BCUT2D eigenvalue weighted by Crippen LogP contribution is 2.44. The predicted octanol–water partition coefficient (Wildman–Crippen LogP) is 1.59. The van der Waals surface area contributed by atoms with Crippen LogP contribution in [0.15, 0.2) is 12.1 Å². The van der Waals surface area contributed by atoms with Gasteiger partial charge in [-0.1, -0.05) is 0 Å². The third kappa shape index (κ3) is 2.35. The molecular weight excluding hydrogens is 244 g/mol. The minimum Gasteiger partial charge on any atom is -0.493 e. The lowest BCUT2D eigenvalue weighted by molar-refractivity contribution is 0.184. The van der Waals surface area contributed by atoms with Gasteiger partial charge in [0.1, 0.15) is 0 Å². The average molecular weight is 266 g/mol. The van der Waals surface area contributed by atoms with E-state index in [-0.39, 0.29) is 6.17 Å². The zero-order valence-electron chi connectivity index (χ0n) is 12.3. The summed E-state index contributed by atoms with van der Waals surface area (Å²) in [5.74, 6) is 2.08. The molecule has 1 heterocycles. The fourth-order valence-corrected chi connectivity index (χ4v) is 2.70. The van der Waals surface area contributed by atoms with Gasteiger partial charge in [0.15, 0.2) is 11.5 Å². The molecule has 5 nitrogen and oxygen atoms in total. The summed E-state index contributed by atoms with van der Waals surface area (Å²) in [6.45, 7) is 2.08. The normalized spacial score (nSPS) is 17.7. The second-order valence-corrected chi connectivity index (χ2v) is 4.76. The van der Waals surface area contributed by atoms with Crippen molar-refractivity contribution in [2.24, 2.45) is 0 Å². The van der Waals surface area contributed by atoms with Crippen molar-refractivity contribution in [1.29, 1.82) is 0 Å². The van der Waals surface area contributed by atoms with E-state index in [1.165, 1.54) is 0 Å². The molecule has 1 saturated heterocycles. The lowest BCUT2D eigenvalue weighted by Gasteiger charge is -2.28. The van der Waals surface area contributed by atoms with Crippen molar-refractivity contribution < 1.29 is 14.2 Å². The first kappa shape index (κ1) is 14.0. The van der Waals surface area contributed by atoms with Crippen LogP contribution in [0.3, 0.4) is 0 Å². The summed E-state index contributed by atoms with van der Waals surface area (Å²) in [6.07, 6.45) is 0.203. The fraction of sp³-hybridized carbons (Fsp3) is 0.571. The minimum absolute atomic E-state index is 0.203. The summed E-state index contributed by atoms with van der Waals surface area (Å²) in [5, 5.41) is 0. The Kier molecular flexibility index (Phi) is 4.17. The van der Waals surface area contributed by atoms with E-state index in [1.54, 1.807) is 21.3 Å². The van der Waals surface area contributed by atoms with E-state index in [4.69, 9.17) is 14.2 Å². The van der Waals surface area contributed by atoms with Gasteiger partial charge in [-0.2, -0.15) is 0 Å². The Morgan fingerprint density at radius 2 is 1.47 bits per heavy atom. The summed E-state index contributed by atoms with van der Waals surface area (Å²) >= 11 is 0. The van der Waals surface area contributed by atoms with Gasteiger partial charge in [-0.3, -0.25) is 9.80 Å². The molecule has 0 amide bonds. The van der Waals surface area contributed by atoms with Crippen molar-refractivity contribution in [1.82, 2.24) is 9.80 Å². The van der Waals surface area contributed by atoms with Crippen LogP contribution >= 0.6 is 0 Å². The highest BCUT2D eigenvalue weighted by molar-refractivity contribution is 5.56. The lowest BCUT2D eigenvalue weighted by Crippen LogP contribution is -2.26. The molecule has 0 bridgehead atoms. The number of nitrogens with zero attached hydrogens (tertiary/aromatic N) is 2. The number of benzene rings is 1. The standard InChI is InChI=1S/C14H22N2O3/c1-15-8-9-16(2)14(15)10-6-7-11(17-3)13(19-5)12(10)18-4/h6-7,14H,8-9H2,1-5H3. The molecule has 2 rings (SSSR count). The molecular formula is C14H22N2O3. The van der Waals surface area contributed by atoms with Crippen LogP contribution in [0.25, 0.3) is 0 Å². The molecule has 1 aromatic carbocycles. The molecule has 0 unspecified atom stereocenters. The first-order chi connectivity index (χ1) is 9.13. The maximum absolute atomic E-state index is 5.56. The predicted molar refractivity (Wildman–Crippen MR) is 74.1 cm³/mol. The second-order valence-electron chi connectivity index (χ2n) is 4.76. The van der Waals surface area contributed by atoms with E-state index in [1.807, 2.05) is 12.1 Å². The third-order valence-electron chi connectivity index (χ3n) is 3.65. The van der Waals surface area contributed by atoms with Gasteiger partial charge in [0.05, 0.1) is 27.5 Å².